The van der Waals surface area contributed by atoms with Crippen molar-refractivity contribution in [3.8, 4) is 0 Å². The molecule has 1 heterocycles. The number of aromatic carboxylic acids is 1. The topological polar surface area (TPSA) is 117 Å². The Morgan fingerprint density at radius 2 is 2.20 bits per heavy atom. The number of hydrogen-bond donors (Lipinski definition) is 2. The molecule has 2 rings (SSSR count). The predicted molar refractivity (Wildman–Crippen MR) is 69.9 cm³/mol. The number of carboxylic acids is 1. The fraction of sp³-hybridized carbons (Fsp3) is 0.500. The molecule has 0 bridgehead atoms. The van der Waals surface area contributed by atoms with E-state index in [0.717, 1.165) is 12.1 Å². The minimum Gasteiger partial charge on any atom is -0.477 e. The number of aliphatic hydroxyl groups is 1. The van der Waals surface area contributed by atoms with Crippen LogP contribution in [0.1, 0.15) is 23.3 Å². The summed E-state index contributed by atoms with van der Waals surface area (Å²) in [6, 6.07) is 2.27. The lowest BCUT2D eigenvalue weighted by atomic mass is 9.82. The Kier molecular flexibility index (Phi) is 3.84. The average molecular weight is 281 g/mol. The summed E-state index contributed by atoms with van der Waals surface area (Å²) in [5.74, 6) is -0.949. The molecule has 0 atom stereocenters. The Morgan fingerprint density at radius 1 is 1.55 bits per heavy atom. The van der Waals surface area contributed by atoms with E-state index in [4.69, 9.17) is 5.11 Å². The standard InChI is InChI=1S/C12H15N3O5/c1-14(6-7-4-8(16)5-7)11-10(15(19)20)3-2-9(13-11)12(17)18/h2-3,7-8,16H,4-6H2,1H3,(H,17,18). The number of carboxylic acid groups (broad SMARTS) is 1. The fourth-order valence-corrected chi connectivity index (χ4v) is 2.31. The number of nitrogens with zero attached hydrogens (tertiary/aromatic N) is 3. The van der Waals surface area contributed by atoms with Crippen LogP contribution in [0.3, 0.4) is 0 Å². The monoisotopic (exact) mass is 281 g/mol. The molecule has 108 valence electrons. The van der Waals surface area contributed by atoms with E-state index in [1.807, 2.05) is 0 Å². The van der Waals surface area contributed by atoms with Gasteiger partial charge in [0.15, 0.2) is 5.69 Å². The number of pyridine rings is 1. The molecule has 1 aromatic rings. The van der Waals surface area contributed by atoms with Crippen molar-refractivity contribution < 1.29 is 19.9 Å². The third kappa shape index (κ3) is 2.85. The maximum Gasteiger partial charge on any atom is 0.354 e. The largest absolute Gasteiger partial charge is 0.477 e. The van der Waals surface area contributed by atoms with Crippen LogP contribution in [0.25, 0.3) is 0 Å². The van der Waals surface area contributed by atoms with E-state index in [0.29, 0.717) is 19.4 Å². The van der Waals surface area contributed by atoms with Gasteiger partial charge in [0, 0.05) is 19.7 Å². The molecule has 0 aromatic carbocycles. The molecular formula is C12H15N3O5. The number of carbonyl (C=O) groups is 1. The molecule has 1 saturated carbocycles. The van der Waals surface area contributed by atoms with Crippen molar-refractivity contribution in [1.29, 1.82) is 0 Å². The second-order valence-corrected chi connectivity index (χ2v) is 4.97. The number of hydrogen-bond acceptors (Lipinski definition) is 6. The molecule has 0 radical (unpaired) electrons. The Labute approximate surface area is 114 Å². The third-order valence-electron chi connectivity index (χ3n) is 3.37. The van der Waals surface area contributed by atoms with E-state index in [1.54, 1.807) is 11.9 Å². The van der Waals surface area contributed by atoms with Gasteiger partial charge in [-0.1, -0.05) is 0 Å². The number of anilines is 1. The first-order valence-corrected chi connectivity index (χ1v) is 6.16. The molecule has 1 aliphatic rings. The second-order valence-electron chi connectivity index (χ2n) is 4.97. The van der Waals surface area contributed by atoms with Crippen molar-refractivity contribution in [2.45, 2.75) is 18.9 Å². The highest BCUT2D eigenvalue weighted by atomic mass is 16.6. The summed E-state index contributed by atoms with van der Waals surface area (Å²) < 4.78 is 0. The van der Waals surface area contributed by atoms with Crippen molar-refractivity contribution in [1.82, 2.24) is 4.98 Å². The van der Waals surface area contributed by atoms with Crippen LogP contribution in [0.4, 0.5) is 11.5 Å². The van der Waals surface area contributed by atoms with Crippen LogP contribution in [0, 0.1) is 16.0 Å². The smallest absolute Gasteiger partial charge is 0.354 e. The molecule has 8 heteroatoms. The number of rotatable bonds is 5. The molecule has 0 amide bonds. The van der Waals surface area contributed by atoms with Crippen molar-refractivity contribution in [2.24, 2.45) is 5.92 Å². The molecule has 0 aliphatic heterocycles. The van der Waals surface area contributed by atoms with Crippen LogP contribution in [0.2, 0.25) is 0 Å². The van der Waals surface area contributed by atoms with Gasteiger partial charge in [0.2, 0.25) is 5.82 Å². The Balaban J connectivity index is 2.24. The molecule has 1 aliphatic carbocycles. The first-order valence-electron chi connectivity index (χ1n) is 6.16. The van der Waals surface area contributed by atoms with Gasteiger partial charge < -0.3 is 15.1 Å². The second kappa shape index (κ2) is 5.41. The van der Waals surface area contributed by atoms with Crippen LogP contribution in [-0.2, 0) is 0 Å². The summed E-state index contributed by atoms with van der Waals surface area (Å²) in [7, 11) is 1.63. The highest BCUT2D eigenvalue weighted by Gasteiger charge is 2.30. The van der Waals surface area contributed by atoms with Gasteiger partial charge in [-0.2, -0.15) is 0 Å². The van der Waals surface area contributed by atoms with E-state index in [2.05, 4.69) is 4.98 Å². The average Bonchev–Trinajstić information content (AvgIpc) is 2.35. The minimum atomic E-state index is -1.23. The van der Waals surface area contributed by atoms with E-state index in [1.165, 1.54) is 0 Å². The summed E-state index contributed by atoms with van der Waals surface area (Å²) in [4.78, 5) is 26.7. The minimum absolute atomic E-state index is 0.0382. The Hall–Kier alpha value is -2.22. The van der Waals surface area contributed by atoms with Crippen LogP contribution in [-0.4, -0.2) is 45.8 Å². The van der Waals surface area contributed by atoms with E-state index < -0.39 is 10.9 Å². The first kappa shape index (κ1) is 14.2. The third-order valence-corrected chi connectivity index (χ3v) is 3.37. The number of aliphatic hydroxyl groups excluding tert-OH is 1. The Bertz CT molecular complexity index is 542. The maximum atomic E-state index is 11.0. The summed E-state index contributed by atoms with van der Waals surface area (Å²) in [5.41, 5.74) is -0.455. The molecular weight excluding hydrogens is 266 g/mol. The van der Waals surface area contributed by atoms with Crippen LogP contribution < -0.4 is 4.90 Å². The molecule has 0 saturated heterocycles. The quantitative estimate of drug-likeness (QED) is 0.608. The lowest BCUT2D eigenvalue weighted by Gasteiger charge is -2.34. The van der Waals surface area contributed by atoms with Crippen molar-refractivity contribution in [3.63, 3.8) is 0 Å². The van der Waals surface area contributed by atoms with Gasteiger partial charge in [0.25, 0.3) is 0 Å². The Morgan fingerprint density at radius 3 is 2.70 bits per heavy atom. The van der Waals surface area contributed by atoms with Crippen molar-refractivity contribution in [2.75, 3.05) is 18.5 Å². The lowest BCUT2D eigenvalue weighted by molar-refractivity contribution is -0.384. The lowest BCUT2D eigenvalue weighted by Crippen LogP contribution is -2.37. The molecule has 0 spiro atoms. The first-order chi connectivity index (χ1) is 9.38. The highest BCUT2D eigenvalue weighted by molar-refractivity contribution is 5.86. The number of aromatic nitrogens is 1. The van der Waals surface area contributed by atoms with Gasteiger partial charge in [-0.05, 0) is 24.8 Å². The highest BCUT2D eigenvalue weighted by Crippen LogP contribution is 2.31. The van der Waals surface area contributed by atoms with Crippen LogP contribution in [0.15, 0.2) is 12.1 Å². The summed E-state index contributed by atoms with van der Waals surface area (Å²) >= 11 is 0. The molecule has 20 heavy (non-hydrogen) atoms. The van der Waals surface area contributed by atoms with Crippen LogP contribution in [0.5, 0.6) is 0 Å². The van der Waals surface area contributed by atoms with Gasteiger partial charge in [-0.15, -0.1) is 0 Å². The van der Waals surface area contributed by atoms with Gasteiger partial charge in [-0.25, -0.2) is 9.78 Å². The fourth-order valence-electron chi connectivity index (χ4n) is 2.31. The molecule has 1 aromatic heterocycles. The molecule has 8 nitrogen and oxygen atoms in total. The van der Waals surface area contributed by atoms with Gasteiger partial charge in [0.05, 0.1) is 11.0 Å². The number of nitro groups is 1. The SMILES string of the molecule is CN(CC1CC(O)C1)c1nc(C(=O)O)ccc1[N+](=O)[O-]. The van der Waals surface area contributed by atoms with Gasteiger partial charge in [0.1, 0.15) is 0 Å². The normalized spacial score (nSPS) is 21.1. The summed E-state index contributed by atoms with van der Waals surface area (Å²) in [6.07, 6.45) is 0.995. The maximum absolute atomic E-state index is 11.0. The zero-order chi connectivity index (χ0) is 14.9. The van der Waals surface area contributed by atoms with Crippen LogP contribution >= 0.6 is 0 Å². The summed E-state index contributed by atoms with van der Waals surface area (Å²) in [5, 5.41) is 29.1. The van der Waals surface area contributed by atoms with E-state index in [-0.39, 0.29) is 29.2 Å². The molecule has 2 N–H and O–H groups in total. The van der Waals surface area contributed by atoms with Crippen molar-refractivity contribution in [3.05, 3.63) is 27.9 Å². The van der Waals surface area contributed by atoms with Crippen molar-refractivity contribution >= 4 is 17.5 Å². The molecule has 1 fully saturated rings. The predicted octanol–water partition coefficient (Wildman–Crippen LogP) is 0.895. The zero-order valence-corrected chi connectivity index (χ0v) is 10.9. The van der Waals surface area contributed by atoms with E-state index >= 15 is 0 Å². The molecule has 0 unspecified atom stereocenters. The van der Waals surface area contributed by atoms with Gasteiger partial charge in [-0.3, -0.25) is 10.1 Å². The zero-order valence-electron chi connectivity index (χ0n) is 10.9. The summed E-state index contributed by atoms with van der Waals surface area (Å²) in [6.45, 7) is 0.494. The van der Waals surface area contributed by atoms with Gasteiger partial charge >= 0.3 is 11.7 Å². The van der Waals surface area contributed by atoms with E-state index in [9.17, 15) is 20.0 Å².